The molecule has 162 valence electrons. The third-order valence-electron chi connectivity index (χ3n) is 6.15. The number of hydrogen-bond acceptors (Lipinski definition) is 4. The lowest BCUT2D eigenvalue weighted by atomic mass is 9.99. The Labute approximate surface area is 185 Å². The number of rotatable bonds is 6. The summed E-state index contributed by atoms with van der Waals surface area (Å²) in [4.78, 5) is 17.3. The molecule has 30 heavy (non-hydrogen) atoms. The fraction of sp³-hybridized carbons (Fsp3) is 0.458. The molecule has 0 radical (unpaired) electrons. The quantitative estimate of drug-likeness (QED) is 0.666. The van der Waals surface area contributed by atoms with E-state index in [1.54, 1.807) is 7.11 Å². The van der Waals surface area contributed by atoms with Gasteiger partial charge in [-0.1, -0.05) is 25.1 Å². The van der Waals surface area contributed by atoms with Gasteiger partial charge < -0.3 is 14.4 Å². The molecule has 1 saturated heterocycles. The second-order valence-electron chi connectivity index (χ2n) is 8.21. The number of fused-ring (bicyclic) bond motifs is 1. The van der Waals surface area contributed by atoms with Crippen molar-refractivity contribution >= 4 is 24.0 Å². The fourth-order valence-electron chi connectivity index (χ4n) is 4.27. The van der Waals surface area contributed by atoms with E-state index in [9.17, 15) is 4.79 Å². The zero-order valence-corrected chi connectivity index (χ0v) is 18.8. The smallest absolute Gasteiger partial charge is 0.259 e. The van der Waals surface area contributed by atoms with E-state index in [0.29, 0.717) is 24.7 Å². The van der Waals surface area contributed by atoms with Gasteiger partial charge in [-0.25, -0.2) is 0 Å². The highest BCUT2D eigenvalue weighted by Crippen LogP contribution is 2.36. The van der Waals surface area contributed by atoms with E-state index in [0.717, 1.165) is 47.9 Å². The fourth-order valence-corrected chi connectivity index (χ4v) is 4.27. The van der Waals surface area contributed by atoms with Crippen molar-refractivity contribution in [3.8, 4) is 11.5 Å². The van der Waals surface area contributed by atoms with E-state index < -0.39 is 0 Å². The van der Waals surface area contributed by atoms with E-state index >= 15 is 0 Å². The molecule has 2 aromatic rings. The molecule has 0 atom stereocenters. The molecule has 0 aliphatic carbocycles. The first-order chi connectivity index (χ1) is 14.1. The highest BCUT2D eigenvalue weighted by Gasteiger charge is 2.30. The van der Waals surface area contributed by atoms with Crippen LogP contribution >= 0.6 is 12.4 Å². The highest BCUT2D eigenvalue weighted by molar-refractivity contribution is 6.11. The summed E-state index contributed by atoms with van der Waals surface area (Å²) in [5.74, 6) is 2.27. The van der Waals surface area contributed by atoms with Gasteiger partial charge in [-0.3, -0.25) is 9.69 Å². The number of amides is 1. The topological polar surface area (TPSA) is 42.0 Å². The SMILES string of the molecule is COc1ccc(N2Cc3cccc(C)c3C2=O)cc1OCCN1CCC(C)CC1.Cl. The zero-order valence-electron chi connectivity index (χ0n) is 18.0. The molecular weight excluding hydrogens is 400 g/mol. The molecular formula is C24H31ClN2O3. The Kier molecular flexibility index (Phi) is 7.27. The maximum Gasteiger partial charge on any atom is 0.259 e. The summed E-state index contributed by atoms with van der Waals surface area (Å²) in [7, 11) is 1.65. The van der Waals surface area contributed by atoms with Gasteiger partial charge in [0.15, 0.2) is 11.5 Å². The third kappa shape index (κ3) is 4.57. The van der Waals surface area contributed by atoms with Crippen LogP contribution in [0.3, 0.4) is 0 Å². The molecule has 5 nitrogen and oxygen atoms in total. The Morgan fingerprint density at radius 1 is 1.10 bits per heavy atom. The van der Waals surface area contributed by atoms with Gasteiger partial charge in [-0.15, -0.1) is 12.4 Å². The standard InChI is InChI=1S/C24H30N2O3.ClH/c1-17-9-11-25(12-10-17)13-14-29-22-15-20(7-8-21(22)28-3)26-16-19-6-4-5-18(2)23(19)24(26)27;/h4-8,15,17H,9-14,16H2,1-3H3;1H. The van der Waals surface area contributed by atoms with Crippen molar-refractivity contribution in [1.82, 2.24) is 4.90 Å². The number of anilines is 1. The number of piperidine rings is 1. The van der Waals surface area contributed by atoms with Gasteiger partial charge in [0.05, 0.1) is 13.7 Å². The number of carbonyl (C=O) groups excluding carboxylic acids is 1. The minimum absolute atomic E-state index is 0. The molecule has 4 rings (SSSR count). The van der Waals surface area contributed by atoms with E-state index in [2.05, 4.69) is 11.8 Å². The zero-order chi connectivity index (χ0) is 20.4. The van der Waals surface area contributed by atoms with Crippen molar-refractivity contribution in [3.05, 3.63) is 53.1 Å². The number of methoxy groups -OCH3 is 1. The van der Waals surface area contributed by atoms with E-state index in [1.165, 1.54) is 12.8 Å². The average Bonchev–Trinajstić information content (AvgIpc) is 3.07. The minimum Gasteiger partial charge on any atom is -0.493 e. The van der Waals surface area contributed by atoms with Crippen molar-refractivity contribution in [3.63, 3.8) is 0 Å². The molecule has 2 heterocycles. The van der Waals surface area contributed by atoms with Gasteiger partial charge >= 0.3 is 0 Å². The number of benzene rings is 2. The van der Waals surface area contributed by atoms with Crippen LogP contribution in [0.4, 0.5) is 5.69 Å². The predicted molar refractivity (Wildman–Crippen MR) is 122 cm³/mol. The van der Waals surface area contributed by atoms with Crippen LogP contribution in [0.15, 0.2) is 36.4 Å². The Morgan fingerprint density at radius 3 is 2.57 bits per heavy atom. The predicted octanol–water partition coefficient (Wildman–Crippen LogP) is 4.70. The van der Waals surface area contributed by atoms with Crippen molar-refractivity contribution in [2.75, 3.05) is 38.3 Å². The molecule has 0 N–H and O–H groups in total. The minimum atomic E-state index is 0. The maximum atomic E-state index is 13.0. The number of nitrogens with zero attached hydrogens (tertiary/aromatic N) is 2. The van der Waals surface area contributed by atoms with Gasteiger partial charge in [0.2, 0.25) is 0 Å². The molecule has 0 saturated carbocycles. The summed E-state index contributed by atoms with van der Waals surface area (Å²) < 4.78 is 11.6. The molecule has 0 bridgehead atoms. The van der Waals surface area contributed by atoms with Crippen LogP contribution in [0, 0.1) is 12.8 Å². The normalized spacial score (nSPS) is 16.9. The van der Waals surface area contributed by atoms with Crippen LogP contribution in [0.2, 0.25) is 0 Å². The molecule has 2 aliphatic heterocycles. The van der Waals surface area contributed by atoms with Crippen molar-refractivity contribution < 1.29 is 14.3 Å². The Balaban J connectivity index is 0.00000256. The number of aryl methyl sites for hydroxylation is 1. The first-order valence-electron chi connectivity index (χ1n) is 10.5. The first-order valence-corrected chi connectivity index (χ1v) is 10.5. The summed E-state index contributed by atoms with van der Waals surface area (Å²) >= 11 is 0. The lowest BCUT2D eigenvalue weighted by Crippen LogP contribution is -2.35. The molecule has 0 unspecified atom stereocenters. The molecule has 0 spiro atoms. The third-order valence-corrected chi connectivity index (χ3v) is 6.15. The number of carbonyl (C=O) groups is 1. The van der Waals surface area contributed by atoms with Crippen LogP contribution in [0.5, 0.6) is 11.5 Å². The Bertz CT molecular complexity index is 894. The van der Waals surface area contributed by atoms with Gasteiger partial charge in [0, 0.05) is 23.9 Å². The highest BCUT2D eigenvalue weighted by atomic mass is 35.5. The number of halogens is 1. The Morgan fingerprint density at radius 2 is 1.87 bits per heavy atom. The van der Waals surface area contributed by atoms with Crippen LogP contribution in [-0.4, -0.2) is 44.2 Å². The van der Waals surface area contributed by atoms with Gasteiger partial charge in [0.25, 0.3) is 5.91 Å². The second kappa shape index (κ2) is 9.71. The summed E-state index contributed by atoms with van der Waals surface area (Å²) in [6, 6.07) is 11.8. The van der Waals surface area contributed by atoms with Crippen molar-refractivity contribution in [1.29, 1.82) is 0 Å². The van der Waals surface area contributed by atoms with E-state index in [1.807, 2.05) is 48.2 Å². The largest absolute Gasteiger partial charge is 0.493 e. The number of hydrogen-bond donors (Lipinski definition) is 0. The number of ether oxygens (including phenoxy) is 2. The van der Waals surface area contributed by atoms with Crippen molar-refractivity contribution in [2.45, 2.75) is 33.2 Å². The molecule has 0 aromatic heterocycles. The summed E-state index contributed by atoms with van der Waals surface area (Å²) in [5.41, 5.74) is 3.77. The molecule has 1 fully saturated rings. The lowest BCUT2D eigenvalue weighted by Gasteiger charge is -2.30. The molecule has 6 heteroatoms. The summed E-state index contributed by atoms with van der Waals surface area (Å²) in [5, 5.41) is 0. The lowest BCUT2D eigenvalue weighted by molar-refractivity contribution is 0.0996. The van der Waals surface area contributed by atoms with Gasteiger partial charge in [-0.2, -0.15) is 0 Å². The maximum absolute atomic E-state index is 13.0. The van der Waals surface area contributed by atoms with Crippen LogP contribution in [0.25, 0.3) is 0 Å². The van der Waals surface area contributed by atoms with Crippen molar-refractivity contribution in [2.24, 2.45) is 5.92 Å². The van der Waals surface area contributed by atoms with Crippen LogP contribution in [0.1, 0.15) is 41.3 Å². The second-order valence-corrected chi connectivity index (χ2v) is 8.21. The molecule has 1 amide bonds. The van der Waals surface area contributed by atoms with E-state index in [4.69, 9.17) is 9.47 Å². The molecule has 2 aliphatic rings. The summed E-state index contributed by atoms with van der Waals surface area (Å²) in [6.45, 7) is 8.71. The van der Waals surface area contributed by atoms with Crippen LogP contribution < -0.4 is 14.4 Å². The molecule has 2 aromatic carbocycles. The monoisotopic (exact) mass is 430 g/mol. The Hall–Kier alpha value is -2.24. The average molecular weight is 431 g/mol. The number of likely N-dealkylation sites (tertiary alicyclic amines) is 1. The van der Waals surface area contributed by atoms with Gasteiger partial charge in [-0.05, 0) is 62.0 Å². The van der Waals surface area contributed by atoms with Gasteiger partial charge in [0.1, 0.15) is 6.61 Å². The van der Waals surface area contributed by atoms with E-state index in [-0.39, 0.29) is 18.3 Å². The summed E-state index contributed by atoms with van der Waals surface area (Å²) in [6.07, 6.45) is 2.52. The van der Waals surface area contributed by atoms with Crippen LogP contribution in [-0.2, 0) is 6.54 Å². The first kappa shape index (κ1) is 22.4.